The first-order chi connectivity index (χ1) is 6.63. The molecule has 3 N–H and O–H groups in total. The standard InChI is InChI=1S/C11H16N2O/c1-3-8(2)11(14)13-10-6-4-9(12)5-7-10/h4-8H,3,12H2,1-2H3,(H,13,14)/t8-/m0/s1. The molecule has 0 fully saturated rings. The van der Waals surface area contributed by atoms with Crippen LogP contribution in [0.25, 0.3) is 0 Å². The van der Waals surface area contributed by atoms with Crippen LogP contribution in [0.15, 0.2) is 24.3 Å². The molecule has 76 valence electrons. The molecule has 3 heteroatoms. The van der Waals surface area contributed by atoms with Crippen LogP contribution < -0.4 is 11.1 Å². The van der Waals surface area contributed by atoms with E-state index in [0.717, 1.165) is 12.1 Å². The maximum Gasteiger partial charge on any atom is 0.227 e. The number of nitrogens with two attached hydrogens (primary N) is 1. The molecule has 0 saturated heterocycles. The number of rotatable bonds is 3. The number of carbonyl (C=O) groups is 1. The number of hydrogen-bond donors (Lipinski definition) is 2. The monoisotopic (exact) mass is 192 g/mol. The summed E-state index contributed by atoms with van der Waals surface area (Å²) in [7, 11) is 0. The first-order valence-electron chi connectivity index (χ1n) is 4.80. The van der Waals surface area contributed by atoms with Gasteiger partial charge in [-0.05, 0) is 30.7 Å². The minimum absolute atomic E-state index is 0.0487. The maximum atomic E-state index is 11.5. The highest BCUT2D eigenvalue weighted by Crippen LogP contribution is 2.12. The smallest absolute Gasteiger partial charge is 0.227 e. The third-order valence-electron chi connectivity index (χ3n) is 2.24. The number of amides is 1. The van der Waals surface area contributed by atoms with E-state index in [2.05, 4.69) is 5.32 Å². The van der Waals surface area contributed by atoms with Crippen molar-refractivity contribution in [2.75, 3.05) is 11.1 Å². The number of carbonyl (C=O) groups excluding carboxylic acids is 1. The van der Waals surface area contributed by atoms with Crippen LogP contribution in [0, 0.1) is 5.92 Å². The van der Waals surface area contributed by atoms with E-state index >= 15 is 0 Å². The summed E-state index contributed by atoms with van der Waals surface area (Å²) in [5.41, 5.74) is 7.03. The van der Waals surface area contributed by atoms with Crippen molar-refractivity contribution in [1.29, 1.82) is 0 Å². The molecule has 1 amide bonds. The lowest BCUT2D eigenvalue weighted by molar-refractivity contribution is -0.119. The Morgan fingerprint density at radius 3 is 2.50 bits per heavy atom. The molecule has 0 bridgehead atoms. The summed E-state index contributed by atoms with van der Waals surface area (Å²) in [4.78, 5) is 11.5. The van der Waals surface area contributed by atoms with E-state index in [9.17, 15) is 4.79 Å². The normalized spacial score (nSPS) is 12.1. The maximum absolute atomic E-state index is 11.5. The second kappa shape index (κ2) is 4.65. The highest BCUT2D eigenvalue weighted by atomic mass is 16.1. The lowest BCUT2D eigenvalue weighted by atomic mass is 10.1. The molecule has 0 aromatic heterocycles. The molecule has 0 saturated carbocycles. The molecule has 3 nitrogen and oxygen atoms in total. The van der Waals surface area contributed by atoms with Crippen molar-refractivity contribution < 1.29 is 4.79 Å². The Hall–Kier alpha value is -1.51. The number of hydrogen-bond acceptors (Lipinski definition) is 2. The minimum Gasteiger partial charge on any atom is -0.399 e. The average Bonchev–Trinajstić information content (AvgIpc) is 2.20. The largest absolute Gasteiger partial charge is 0.399 e. The fourth-order valence-corrected chi connectivity index (χ4v) is 1.02. The molecule has 14 heavy (non-hydrogen) atoms. The lowest BCUT2D eigenvalue weighted by Gasteiger charge is -2.09. The van der Waals surface area contributed by atoms with Gasteiger partial charge in [-0.1, -0.05) is 13.8 Å². The summed E-state index contributed by atoms with van der Waals surface area (Å²) in [6.45, 7) is 3.90. The van der Waals surface area contributed by atoms with Gasteiger partial charge in [0.25, 0.3) is 0 Å². The van der Waals surface area contributed by atoms with E-state index in [4.69, 9.17) is 5.73 Å². The van der Waals surface area contributed by atoms with Crippen molar-refractivity contribution >= 4 is 17.3 Å². The molecule has 1 aromatic carbocycles. The summed E-state index contributed by atoms with van der Waals surface area (Å²) in [6.07, 6.45) is 0.848. The number of anilines is 2. The predicted molar refractivity (Wildman–Crippen MR) is 58.9 cm³/mol. The molecule has 1 atom stereocenters. The van der Waals surface area contributed by atoms with Crippen LogP contribution in [0.4, 0.5) is 11.4 Å². The van der Waals surface area contributed by atoms with Gasteiger partial charge in [0.2, 0.25) is 5.91 Å². The van der Waals surface area contributed by atoms with Gasteiger partial charge in [-0.3, -0.25) is 4.79 Å². The van der Waals surface area contributed by atoms with Crippen molar-refractivity contribution in [3.05, 3.63) is 24.3 Å². The van der Waals surface area contributed by atoms with E-state index in [1.54, 1.807) is 24.3 Å². The molecule has 0 aliphatic heterocycles. The van der Waals surface area contributed by atoms with Crippen LogP contribution in [-0.2, 0) is 4.79 Å². The van der Waals surface area contributed by atoms with E-state index in [-0.39, 0.29) is 11.8 Å². The van der Waals surface area contributed by atoms with E-state index in [1.165, 1.54) is 0 Å². The predicted octanol–water partition coefficient (Wildman–Crippen LogP) is 2.25. The summed E-state index contributed by atoms with van der Waals surface area (Å²) in [6, 6.07) is 7.14. The van der Waals surface area contributed by atoms with Gasteiger partial charge in [0.1, 0.15) is 0 Å². The Morgan fingerprint density at radius 1 is 1.43 bits per heavy atom. The minimum atomic E-state index is 0.0487. The van der Waals surface area contributed by atoms with Crippen LogP contribution in [0.2, 0.25) is 0 Å². The number of benzene rings is 1. The van der Waals surface area contributed by atoms with Gasteiger partial charge in [0.15, 0.2) is 0 Å². The Bertz CT molecular complexity index is 306. The Balaban J connectivity index is 2.60. The van der Waals surface area contributed by atoms with Gasteiger partial charge in [-0.2, -0.15) is 0 Å². The van der Waals surface area contributed by atoms with Gasteiger partial charge in [0, 0.05) is 17.3 Å². The highest BCUT2D eigenvalue weighted by Gasteiger charge is 2.09. The lowest BCUT2D eigenvalue weighted by Crippen LogP contribution is -2.19. The molecule has 0 heterocycles. The summed E-state index contributed by atoms with van der Waals surface area (Å²) >= 11 is 0. The van der Waals surface area contributed by atoms with E-state index < -0.39 is 0 Å². The van der Waals surface area contributed by atoms with Crippen molar-refractivity contribution in [1.82, 2.24) is 0 Å². The summed E-state index contributed by atoms with van der Waals surface area (Å²) in [5.74, 6) is 0.102. The third-order valence-corrected chi connectivity index (χ3v) is 2.24. The van der Waals surface area contributed by atoms with Crippen molar-refractivity contribution in [3.63, 3.8) is 0 Å². The molecule has 0 unspecified atom stereocenters. The zero-order valence-corrected chi connectivity index (χ0v) is 8.58. The van der Waals surface area contributed by atoms with Crippen molar-refractivity contribution in [2.24, 2.45) is 5.92 Å². The topological polar surface area (TPSA) is 55.1 Å². The Morgan fingerprint density at radius 2 is 2.00 bits per heavy atom. The first-order valence-corrected chi connectivity index (χ1v) is 4.80. The van der Waals surface area contributed by atoms with Gasteiger partial charge >= 0.3 is 0 Å². The van der Waals surface area contributed by atoms with Crippen LogP contribution >= 0.6 is 0 Å². The second-order valence-corrected chi connectivity index (χ2v) is 3.42. The SMILES string of the molecule is CC[C@H](C)C(=O)Nc1ccc(N)cc1. The average molecular weight is 192 g/mol. The molecule has 0 spiro atoms. The van der Waals surface area contributed by atoms with Crippen LogP contribution in [-0.4, -0.2) is 5.91 Å². The third kappa shape index (κ3) is 2.76. The Labute approximate surface area is 84.3 Å². The van der Waals surface area contributed by atoms with Crippen LogP contribution in [0.3, 0.4) is 0 Å². The number of nitrogen functional groups attached to an aromatic ring is 1. The van der Waals surface area contributed by atoms with E-state index in [0.29, 0.717) is 5.69 Å². The van der Waals surface area contributed by atoms with Crippen molar-refractivity contribution in [2.45, 2.75) is 20.3 Å². The van der Waals surface area contributed by atoms with Crippen molar-refractivity contribution in [3.8, 4) is 0 Å². The Kier molecular flexibility index (Phi) is 3.51. The molecule has 1 rings (SSSR count). The summed E-state index contributed by atoms with van der Waals surface area (Å²) < 4.78 is 0. The molecule has 1 aromatic rings. The first kappa shape index (κ1) is 10.6. The molecular weight excluding hydrogens is 176 g/mol. The van der Waals surface area contributed by atoms with Gasteiger partial charge in [-0.15, -0.1) is 0 Å². The molecule has 0 aliphatic rings. The second-order valence-electron chi connectivity index (χ2n) is 3.42. The zero-order valence-electron chi connectivity index (χ0n) is 8.58. The highest BCUT2D eigenvalue weighted by molar-refractivity contribution is 5.92. The molecule has 0 aliphatic carbocycles. The van der Waals surface area contributed by atoms with Gasteiger partial charge in [-0.25, -0.2) is 0 Å². The summed E-state index contributed by atoms with van der Waals surface area (Å²) in [5, 5.41) is 2.83. The van der Waals surface area contributed by atoms with E-state index in [1.807, 2.05) is 13.8 Å². The zero-order chi connectivity index (χ0) is 10.6. The van der Waals surface area contributed by atoms with Crippen LogP contribution in [0.1, 0.15) is 20.3 Å². The van der Waals surface area contributed by atoms with Crippen LogP contribution in [0.5, 0.6) is 0 Å². The quantitative estimate of drug-likeness (QED) is 0.722. The fourth-order valence-electron chi connectivity index (χ4n) is 1.02. The van der Waals surface area contributed by atoms with Gasteiger partial charge < -0.3 is 11.1 Å². The molecule has 0 radical (unpaired) electrons. The molecular formula is C11H16N2O. The fraction of sp³-hybridized carbons (Fsp3) is 0.364. The number of nitrogens with one attached hydrogen (secondary N) is 1. The van der Waals surface area contributed by atoms with Gasteiger partial charge in [0.05, 0.1) is 0 Å².